The van der Waals surface area contributed by atoms with Crippen LogP contribution in [0.3, 0.4) is 0 Å². The van der Waals surface area contributed by atoms with Crippen LogP contribution in [0, 0.1) is 0 Å². The predicted molar refractivity (Wildman–Crippen MR) is 129 cm³/mol. The topological polar surface area (TPSA) is 197 Å². The van der Waals surface area contributed by atoms with Crippen LogP contribution < -0.4 is 5.32 Å². The van der Waals surface area contributed by atoms with E-state index in [2.05, 4.69) is 5.32 Å². The number of likely N-dealkylation sites (tertiary alicyclic amines) is 1. The number of carbonyl (C=O) groups is 3. The molecule has 2 fully saturated rings. The van der Waals surface area contributed by atoms with Gasteiger partial charge >= 0.3 is 11.9 Å². The zero-order valence-corrected chi connectivity index (χ0v) is 20.5. The average molecular weight is 525 g/mol. The van der Waals surface area contributed by atoms with E-state index >= 15 is 0 Å². The van der Waals surface area contributed by atoms with Gasteiger partial charge in [0.15, 0.2) is 0 Å². The monoisotopic (exact) mass is 524 g/mol. The molecule has 206 valence electrons. The number of carboxylic acids is 2. The van der Waals surface area contributed by atoms with E-state index in [9.17, 15) is 39.9 Å². The summed E-state index contributed by atoms with van der Waals surface area (Å²) in [7, 11) is 0. The van der Waals surface area contributed by atoms with Crippen LogP contribution in [0.15, 0.2) is 30.3 Å². The minimum Gasteiger partial charge on any atom is -0.481 e. The second-order valence-corrected chi connectivity index (χ2v) is 9.97. The Hall–Kier alpha value is -2.61. The third-order valence-electron chi connectivity index (χ3n) is 7.08. The normalized spacial score (nSPS) is 28.8. The van der Waals surface area contributed by atoms with Gasteiger partial charge in [-0.15, -0.1) is 0 Å². The number of nitrogens with zero attached hydrogens (tertiary/aromatic N) is 1. The van der Waals surface area contributed by atoms with E-state index in [1.54, 1.807) is 0 Å². The van der Waals surface area contributed by atoms with Gasteiger partial charge in [0.1, 0.15) is 24.4 Å². The number of aliphatic hydroxyl groups excluding tert-OH is 3. The Balaban J connectivity index is 1.54. The van der Waals surface area contributed by atoms with Crippen LogP contribution in [0.4, 0.5) is 0 Å². The van der Waals surface area contributed by atoms with Crippen molar-refractivity contribution in [1.82, 2.24) is 10.2 Å². The third-order valence-corrected chi connectivity index (χ3v) is 7.08. The Morgan fingerprint density at radius 1 is 1.00 bits per heavy atom. The maximum absolute atomic E-state index is 12.4. The fourth-order valence-corrected chi connectivity index (χ4v) is 4.87. The average Bonchev–Trinajstić information content (AvgIpc) is 2.85. The van der Waals surface area contributed by atoms with Crippen molar-refractivity contribution in [3.05, 3.63) is 35.9 Å². The molecule has 0 radical (unpaired) electrons. The maximum Gasteiger partial charge on any atom is 0.326 e. The highest BCUT2D eigenvalue weighted by molar-refractivity contribution is 5.84. The summed E-state index contributed by atoms with van der Waals surface area (Å²) in [4.78, 5) is 36.5. The van der Waals surface area contributed by atoms with Crippen LogP contribution in [-0.4, -0.2) is 115 Å². The molecule has 0 bridgehead atoms. The highest BCUT2D eigenvalue weighted by atomic mass is 16.5. The summed E-state index contributed by atoms with van der Waals surface area (Å²) in [5.74, 6) is -3.40. The van der Waals surface area contributed by atoms with Gasteiger partial charge in [-0.2, -0.15) is 0 Å². The second-order valence-electron chi connectivity index (χ2n) is 9.97. The molecule has 2 aliphatic rings. The lowest BCUT2D eigenvalue weighted by atomic mass is 9.85. The molecule has 1 aromatic carbocycles. The van der Waals surface area contributed by atoms with Crippen molar-refractivity contribution in [2.75, 3.05) is 19.6 Å². The molecule has 0 aromatic heterocycles. The van der Waals surface area contributed by atoms with Gasteiger partial charge in [-0.1, -0.05) is 30.3 Å². The fourth-order valence-electron chi connectivity index (χ4n) is 4.87. The molecule has 7 N–H and O–H groups in total. The molecule has 5 unspecified atom stereocenters. The molecule has 0 aliphatic carbocycles. The fraction of sp³-hybridized carbons (Fsp3) is 0.640. The molecule has 1 amide bonds. The van der Waals surface area contributed by atoms with E-state index in [1.165, 1.54) is 0 Å². The van der Waals surface area contributed by atoms with E-state index in [0.29, 0.717) is 32.4 Å². The number of amides is 1. The lowest BCUT2D eigenvalue weighted by Crippen LogP contribution is -2.61. The van der Waals surface area contributed by atoms with Crippen LogP contribution in [0.2, 0.25) is 0 Å². The Morgan fingerprint density at radius 2 is 1.62 bits per heavy atom. The Morgan fingerprint density at radius 3 is 2.22 bits per heavy atom. The van der Waals surface area contributed by atoms with Gasteiger partial charge in [0.05, 0.1) is 24.2 Å². The number of carboxylic acid groups (broad SMARTS) is 2. The molecule has 2 heterocycles. The number of benzene rings is 1. The first-order valence-corrected chi connectivity index (χ1v) is 12.4. The lowest BCUT2D eigenvalue weighted by molar-refractivity contribution is -0.227. The number of nitrogens with one attached hydrogen (secondary N) is 1. The van der Waals surface area contributed by atoms with Crippen LogP contribution in [0.1, 0.15) is 37.7 Å². The number of piperidine rings is 1. The highest BCUT2D eigenvalue weighted by Gasteiger charge is 2.45. The van der Waals surface area contributed by atoms with Crippen molar-refractivity contribution in [1.29, 1.82) is 0 Å². The number of ether oxygens (including phenoxy) is 1. The van der Waals surface area contributed by atoms with Crippen LogP contribution in [-0.2, 0) is 25.5 Å². The van der Waals surface area contributed by atoms with E-state index in [4.69, 9.17) is 9.84 Å². The third kappa shape index (κ3) is 8.19. The summed E-state index contributed by atoms with van der Waals surface area (Å²) in [6, 6.07) is 8.25. The minimum absolute atomic E-state index is 0.195. The molecule has 3 rings (SSSR count). The summed E-state index contributed by atoms with van der Waals surface area (Å²) in [6.45, 7) is 1.23. The molecule has 0 saturated carbocycles. The summed E-state index contributed by atoms with van der Waals surface area (Å²) in [5, 5.41) is 62.4. The molecule has 12 nitrogen and oxygen atoms in total. The van der Waals surface area contributed by atoms with E-state index in [-0.39, 0.29) is 13.0 Å². The van der Waals surface area contributed by atoms with Gasteiger partial charge in [0, 0.05) is 32.5 Å². The zero-order chi connectivity index (χ0) is 27.2. The molecule has 2 saturated heterocycles. The van der Waals surface area contributed by atoms with Crippen molar-refractivity contribution in [3.8, 4) is 0 Å². The largest absolute Gasteiger partial charge is 0.481 e. The molecule has 2 aliphatic heterocycles. The van der Waals surface area contributed by atoms with E-state index < -0.39 is 72.9 Å². The van der Waals surface area contributed by atoms with Gasteiger partial charge in [-0.05, 0) is 24.8 Å². The van der Waals surface area contributed by atoms with Crippen LogP contribution >= 0.6 is 0 Å². The minimum atomic E-state index is -1.59. The number of carbonyl (C=O) groups excluding carboxylic acids is 1. The van der Waals surface area contributed by atoms with Crippen LogP contribution in [0.25, 0.3) is 0 Å². The van der Waals surface area contributed by atoms with E-state index in [0.717, 1.165) is 5.56 Å². The second kappa shape index (κ2) is 12.8. The standard InChI is InChI=1S/C25H36N2O10/c28-19(26-16(24(34)35)6-7-20(29)30)12-17-21(31)23(33)22(32)18(37-17)14-27-10-8-25(36,9-11-27)13-15-4-2-1-3-5-15/h1-5,16-18,21-23,31-33,36H,6-14H2,(H,26,28)(H,29,30)(H,34,35)/t16-,17?,18?,21?,22?,23?/m0/s1. The first-order chi connectivity index (χ1) is 17.5. The Bertz CT molecular complexity index is 921. The van der Waals surface area contributed by atoms with Gasteiger partial charge in [0.25, 0.3) is 0 Å². The first kappa shape index (κ1) is 29.0. The Labute approximate surface area is 214 Å². The molecule has 12 heteroatoms. The van der Waals surface area contributed by atoms with Gasteiger partial charge in [-0.25, -0.2) is 4.79 Å². The summed E-state index contributed by atoms with van der Waals surface area (Å²) < 4.78 is 5.78. The Kier molecular flexibility index (Phi) is 9.99. The van der Waals surface area contributed by atoms with E-state index in [1.807, 2.05) is 35.2 Å². The molecule has 1 aromatic rings. The highest BCUT2D eigenvalue weighted by Crippen LogP contribution is 2.29. The maximum atomic E-state index is 12.4. The number of hydrogen-bond donors (Lipinski definition) is 7. The number of hydrogen-bond acceptors (Lipinski definition) is 9. The molecule has 6 atom stereocenters. The van der Waals surface area contributed by atoms with Crippen molar-refractivity contribution in [2.24, 2.45) is 0 Å². The zero-order valence-electron chi connectivity index (χ0n) is 20.5. The quantitative estimate of drug-likeness (QED) is 0.182. The van der Waals surface area contributed by atoms with Crippen molar-refractivity contribution >= 4 is 17.8 Å². The molecular formula is C25H36N2O10. The van der Waals surface area contributed by atoms with Gasteiger partial charge < -0.3 is 45.6 Å². The summed E-state index contributed by atoms with van der Waals surface area (Å²) >= 11 is 0. The first-order valence-electron chi connectivity index (χ1n) is 12.4. The molecule has 37 heavy (non-hydrogen) atoms. The number of aliphatic hydroxyl groups is 4. The lowest BCUT2D eigenvalue weighted by Gasteiger charge is -2.44. The van der Waals surface area contributed by atoms with Crippen molar-refractivity contribution < 1.29 is 49.8 Å². The SMILES string of the molecule is O=C(O)CC[C@H](NC(=O)CC1OC(CN2CCC(O)(Cc3ccccc3)CC2)C(O)C(O)C1O)C(=O)O. The smallest absolute Gasteiger partial charge is 0.326 e. The van der Waals surface area contributed by atoms with Crippen molar-refractivity contribution in [2.45, 2.75) is 80.7 Å². The molecule has 0 spiro atoms. The number of rotatable bonds is 11. The van der Waals surface area contributed by atoms with Gasteiger partial charge in [0.2, 0.25) is 5.91 Å². The van der Waals surface area contributed by atoms with Crippen LogP contribution in [0.5, 0.6) is 0 Å². The molecular weight excluding hydrogens is 488 g/mol. The summed E-state index contributed by atoms with van der Waals surface area (Å²) in [6.07, 6.45) is -6.48. The van der Waals surface area contributed by atoms with Gasteiger partial charge in [-0.3, -0.25) is 9.59 Å². The summed E-state index contributed by atoms with van der Waals surface area (Å²) in [5.41, 5.74) is 0.178. The number of aliphatic carboxylic acids is 2. The predicted octanol–water partition coefficient (Wildman–Crippen LogP) is -1.27. The van der Waals surface area contributed by atoms with Crippen molar-refractivity contribution in [3.63, 3.8) is 0 Å².